The number of aryl methyl sites for hydroxylation is 2. The standard InChI is InChI=1S/C14H15BO3/c16-15(17)18-14-10-8-13(9-11-14)7-6-12-4-2-1-3-5-12/h1-5,8-11,16-17H,6-7H2. The zero-order chi connectivity index (χ0) is 12.8. The summed E-state index contributed by atoms with van der Waals surface area (Å²) in [4.78, 5) is 0. The summed E-state index contributed by atoms with van der Waals surface area (Å²) in [5.74, 6) is 0.452. The molecule has 0 saturated carbocycles. The van der Waals surface area contributed by atoms with Crippen molar-refractivity contribution in [2.75, 3.05) is 0 Å². The van der Waals surface area contributed by atoms with E-state index in [1.807, 2.05) is 30.3 Å². The average Bonchev–Trinajstić information content (AvgIpc) is 2.38. The monoisotopic (exact) mass is 242 g/mol. The maximum absolute atomic E-state index is 8.66. The Morgan fingerprint density at radius 2 is 1.33 bits per heavy atom. The van der Waals surface area contributed by atoms with Crippen molar-refractivity contribution in [1.82, 2.24) is 0 Å². The molecule has 0 aliphatic rings. The molecule has 0 heterocycles. The van der Waals surface area contributed by atoms with Crippen LogP contribution in [0.3, 0.4) is 0 Å². The van der Waals surface area contributed by atoms with Crippen LogP contribution in [-0.4, -0.2) is 17.4 Å². The van der Waals surface area contributed by atoms with Gasteiger partial charge in [-0.25, -0.2) is 0 Å². The Kier molecular flexibility index (Phi) is 4.39. The van der Waals surface area contributed by atoms with Crippen LogP contribution in [-0.2, 0) is 12.8 Å². The summed E-state index contributed by atoms with van der Waals surface area (Å²) in [6.45, 7) is 0. The molecular weight excluding hydrogens is 227 g/mol. The molecule has 3 nitrogen and oxygen atoms in total. The predicted octanol–water partition coefficient (Wildman–Crippen LogP) is 1.82. The third-order valence-electron chi connectivity index (χ3n) is 2.71. The maximum Gasteiger partial charge on any atom is 0.707 e. The van der Waals surface area contributed by atoms with Crippen molar-refractivity contribution in [3.8, 4) is 5.75 Å². The number of benzene rings is 2. The maximum atomic E-state index is 8.66. The lowest BCUT2D eigenvalue weighted by Gasteiger charge is -2.06. The largest absolute Gasteiger partial charge is 0.707 e. The highest BCUT2D eigenvalue weighted by Gasteiger charge is 2.10. The van der Waals surface area contributed by atoms with Gasteiger partial charge < -0.3 is 14.7 Å². The van der Waals surface area contributed by atoms with Crippen LogP contribution in [0.25, 0.3) is 0 Å². The summed E-state index contributed by atoms with van der Waals surface area (Å²) in [7, 11) is -1.76. The van der Waals surface area contributed by atoms with Crippen molar-refractivity contribution in [3.05, 3.63) is 65.7 Å². The highest BCUT2D eigenvalue weighted by atomic mass is 16.6. The van der Waals surface area contributed by atoms with Gasteiger partial charge in [0.15, 0.2) is 0 Å². The van der Waals surface area contributed by atoms with Crippen LogP contribution >= 0.6 is 0 Å². The first-order chi connectivity index (χ1) is 8.74. The molecule has 0 aromatic heterocycles. The lowest BCUT2D eigenvalue weighted by atomic mass is 10.0. The first-order valence-electron chi connectivity index (χ1n) is 5.90. The molecule has 2 aromatic carbocycles. The van der Waals surface area contributed by atoms with Gasteiger partial charge in [-0.05, 0) is 36.1 Å². The van der Waals surface area contributed by atoms with Gasteiger partial charge in [-0.3, -0.25) is 0 Å². The predicted molar refractivity (Wildman–Crippen MR) is 71.1 cm³/mol. The lowest BCUT2D eigenvalue weighted by Crippen LogP contribution is -2.20. The molecule has 0 atom stereocenters. The molecule has 0 saturated heterocycles. The SMILES string of the molecule is OB(O)Oc1ccc(CCc2ccccc2)cc1. The lowest BCUT2D eigenvalue weighted by molar-refractivity contribution is 0.288. The van der Waals surface area contributed by atoms with Crippen molar-refractivity contribution in [2.24, 2.45) is 0 Å². The molecule has 0 spiro atoms. The first kappa shape index (κ1) is 12.7. The van der Waals surface area contributed by atoms with E-state index in [1.54, 1.807) is 12.1 Å². The first-order valence-corrected chi connectivity index (χ1v) is 5.90. The van der Waals surface area contributed by atoms with Gasteiger partial charge in [0.25, 0.3) is 0 Å². The molecule has 0 bridgehead atoms. The minimum Gasteiger partial charge on any atom is -0.512 e. The van der Waals surface area contributed by atoms with Crippen molar-refractivity contribution >= 4 is 7.32 Å². The van der Waals surface area contributed by atoms with Crippen molar-refractivity contribution in [2.45, 2.75) is 12.8 Å². The van der Waals surface area contributed by atoms with Gasteiger partial charge >= 0.3 is 7.32 Å². The van der Waals surface area contributed by atoms with Crippen LogP contribution in [0, 0.1) is 0 Å². The van der Waals surface area contributed by atoms with Crippen LogP contribution in [0.2, 0.25) is 0 Å². The average molecular weight is 242 g/mol. The quantitative estimate of drug-likeness (QED) is 0.786. The van der Waals surface area contributed by atoms with E-state index in [0.717, 1.165) is 12.8 Å². The molecule has 92 valence electrons. The van der Waals surface area contributed by atoms with Crippen LogP contribution in [0.15, 0.2) is 54.6 Å². The van der Waals surface area contributed by atoms with Gasteiger partial charge in [-0.1, -0.05) is 42.5 Å². The van der Waals surface area contributed by atoms with Gasteiger partial charge in [-0.15, -0.1) is 0 Å². The van der Waals surface area contributed by atoms with E-state index in [1.165, 1.54) is 11.1 Å². The molecule has 2 aromatic rings. The van der Waals surface area contributed by atoms with E-state index >= 15 is 0 Å². The van der Waals surface area contributed by atoms with Crippen molar-refractivity contribution < 1.29 is 14.7 Å². The van der Waals surface area contributed by atoms with Gasteiger partial charge in [-0.2, -0.15) is 0 Å². The molecule has 0 radical (unpaired) electrons. The summed E-state index contributed by atoms with van der Waals surface area (Å²) in [5.41, 5.74) is 2.50. The molecule has 0 amide bonds. The van der Waals surface area contributed by atoms with Gasteiger partial charge in [0.05, 0.1) is 0 Å². The Morgan fingerprint density at radius 1 is 0.778 bits per heavy atom. The van der Waals surface area contributed by atoms with E-state index in [4.69, 9.17) is 14.7 Å². The van der Waals surface area contributed by atoms with E-state index in [-0.39, 0.29) is 0 Å². The molecule has 18 heavy (non-hydrogen) atoms. The van der Waals surface area contributed by atoms with Crippen LogP contribution in [0.5, 0.6) is 5.75 Å². The summed E-state index contributed by atoms with van der Waals surface area (Å²) >= 11 is 0. The second-order valence-electron chi connectivity index (χ2n) is 4.07. The Bertz CT molecular complexity index is 468. The van der Waals surface area contributed by atoms with Crippen LogP contribution in [0.1, 0.15) is 11.1 Å². The Balaban J connectivity index is 1.90. The minimum atomic E-state index is -1.76. The normalized spacial score (nSPS) is 10.1. The number of rotatable bonds is 5. The topological polar surface area (TPSA) is 49.7 Å². The van der Waals surface area contributed by atoms with Crippen molar-refractivity contribution in [1.29, 1.82) is 0 Å². The third kappa shape index (κ3) is 3.91. The second-order valence-corrected chi connectivity index (χ2v) is 4.07. The number of hydrogen-bond donors (Lipinski definition) is 2. The Hall–Kier alpha value is -1.78. The molecule has 2 N–H and O–H groups in total. The fourth-order valence-corrected chi connectivity index (χ4v) is 1.79. The smallest absolute Gasteiger partial charge is 0.512 e. The molecule has 0 unspecified atom stereocenters. The van der Waals surface area contributed by atoms with Crippen molar-refractivity contribution in [3.63, 3.8) is 0 Å². The minimum absolute atomic E-state index is 0.452. The second kappa shape index (κ2) is 6.24. The third-order valence-corrected chi connectivity index (χ3v) is 2.71. The fourth-order valence-electron chi connectivity index (χ4n) is 1.79. The summed E-state index contributed by atoms with van der Waals surface area (Å²) in [5, 5.41) is 17.3. The van der Waals surface area contributed by atoms with Crippen LogP contribution in [0.4, 0.5) is 0 Å². The molecule has 0 fully saturated rings. The van der Waals surface area contributed by atoms with Gasteiger partial charge in [0, 0.05) is 0 Å². The highest BCUT2D eigenvalue weighted by Crippen LogP contribution is 2.14. The van der Waals surface area contributed by atoms with E-state index < -0.39 is 7.32 Å². The summed E-state index contributed by atoms with van der Waals surface area (Å²) in [6.07, 6.45) is 1.94. The molecular formula is C14H15BO3. The Morgan fingerprint density at radius 3 is 1.89 bits per heavy atom. The summed E-state index contributed by atoms with van der Waals surface area (Å²) < 4.78 is 4.74. The summed E-state index contributed by atoms with van der Waals surface area (Å²) in [6, 6.07) is 17.6. The van der Waals surface area contributed by atoms with Gasteiger partial charge in [0.1, 0.15) is 5.75 Å². The Labute approximate surface area is 107 Å². The fraction of sp³-hybridized carbons (Fsp3) is 0.143. The van der Waals surface area contributed by atoms with E-state index in [0.29, 0.717) is 5.75 Å². The number of hydrogen-bond acceptors (Lipinski definition) is 3. The zero-order valence-corrected chi connectivity index (χ0v) is 9.99. The molecule has 2 rings (SSSR count). The molecule has 4 heteroatoms. The molecule has 0 aliphatic carbocycles. The molecule has 0 aliphatic heterocycles. The van der Waals surface area contributed by atoms with Gasteiger partial charge in [0.2, 0.25) is 0 Å². The van der Waals surface area contributed by atoms with Crippen LogP contribution < -0.4 is 4.65 Å². The van der Waals surface area contributed by atoms with E-state index in [9.17, 15) is 0 Å². The van der Waals surface area contributed by atoms with E-state index in [2.05, 4.69) is 12.1 Å². The zero-order valence-electron chi connectivity index (χ0n) is 9.99. The highest BCUT2D eigenvalue weighted by molar-refractivity contribution is 6.33.